The second-order valence-electron chi connectivity index (χ2n) is 9.09. The maximum absolute atomic E-state index is 13.6. The second-order valence-corrected chi connectivity index (χ2v) is 9.50. The van der Waals surface area contributed by atoms with Crippen molar-refractivity contribution in [2.75, 3.05) is 20.8 Å². The number of rotatable bonds is 9. The van der Waals surface area contributed by atoms with E-state index >= 15 is 0 Å². The van der Waals surface area contributed by atoms with Crippen LogP contribution in [-0.2, 0) is 4.79 Å². The molecule has 0 radical (unpaired) electrons. The third kappa shape index (κ3) is 5.73. The van der Waals surface area contributed by atoms with E-state index in [2.05, 4.69) is 18.9 Å². The highest BCUT2D eigenvalue weighted by atomic mass is 35.5. The van der Waals surface area contributed by atoms with Gasteiger partial charge in [-0.3, -0.25) is 4.79 Å². The van der Waals surface area contributed by atoms with Gasteiger partial charge in [0.25, 0.3) is 5.56 Å². The molecule has 0 aliphatic carbocycles. The number of aliphatic carboxylic acids is 1. The second kappa shape index (κ2) is 11.6. The Hall–Kier alpha value is -4.37. The van der Waals surface area contributed by atoms with Gasteiger partial charge in [-0.05, 0) is 65.9 Å². The Morgan fingerprint density at radius 1 is 1.13 bits per heavy atom. The van der Waals surface area contributed by atoms with Crippen LogP contribution in [0.25, 0.3) is 22.3 Å². The van der Waals surface area contributed by atoms with E-state index in [0.717, 1.165) is 22.4 Å². The molecule has 0 amide bonds. The lowest BCUT2D eigenvalue weighted by atomic mass is 9.96. The first-order valence-electron chi connectivity index (χ1n) is 12.1. The summed E-state index contributed by atoms with van der Waals surface area (Å²) in [6, 6.07) is 14.1. The summed E-state index contributed by atoms with van der Waals surface area (Å²) >= 11 is 6.36. The van der Waals surface area contributed by atoms with Crippen molar-refractivity contribution in [2.24, 2.45) is 5.10 Å². The third-order valence-electron chi connectivity index (χ3n) is 6.11. The van der Waals surface area contributed by atoms with Crippen molar-refractivity contribution < 1.29 is 24.1 Å². The molecule has 10 heteroatoms. The highest BCUT2D eigenvalue weighted by Gasteiger charge is 2.19. The van der Waals surface area contributed by atoms with Gasteiger partial charge in [0, 0.05) is 5.56 Å². The molecule has 0 aliphatic rings. The monoisotopic (exact) mass is 549 g/mol. The first-order chi connectivity index (χ1) is 18.6. The van der Waals surface area contributed by atoms with Crippen LogP contribution >= 0.6 is 11.6 Å². The highest BCUT2D eigenvalue weighted by Crippen LogP contribution is 2.36. The lowest BCUT2D eigenvalue weighted by Crippen LogP contribution is -2.20. The fraction of sp³-hybridized carbons (Fsp3) is 0.241. The van der Waals surface area contributed by atoms with Crippen molar-refractivity contribution in [3.05, 3.63) is 80.6 Å². The number of aryl methyl sites for hydroxylation is 1. The zero-order chi connectivity index (χ0) is 28.3. The Morgan fingerprint density at radius 2 is 1.85 bits per heavy atom. The summed E-state index contributed by atoms with van der Waals surface area (Å²) in [5.74, 6) is 0.470. The molecule has 0 aliphatic heterocycles. The van der Waals surface area contributed by atoms with E-state index in [4.69, 9.17) is 35.9 Å². The fourth-order valence-electron chi connectivity index (χ4n) is 4.18. The Bertz CT molecular complexity index is 1640. The molecule has 4 rings (SSSR count). The Morgan fingerprint density at radius 3 is 2.51 bits per heavy atom. The molecule has 9 nitrogen and oxygen atoms in total. The van der Waals surface area contributed by atoms with Crippen LogP contribution in [0.5, 0.6) is 17.2 Å². The van der Waals surface area contributed by atoms with E-state index in [-0.39, 0.29) is 28.0 Å². The number of carboxylic acid groups (broad SMARTS) is 1. The molecule has 3 aromatic carbocycles. The van der Waals surface area contributed by atoms with E-state index < -0.39 is 12.6 Å². The van der Waals surface area contributed by atoms with E-state index in [1.807, 2.05) is 25.1 Å². The SMILES string of the molecule is COc1cc(C)c(-c2nc3ccccc3c(=O)n2N=Cc2cc(Cl)c(OCC(=O)O)c(OC)c2)cc1C(C)C. The van der Waals surface area contributed by atoms with Crippen molar-refractivity contribution in [3.63, 3.8) is 0 Å². The number of ether oxygens (including phenoxy) is 3. The smallest absolute Gasteiger partial charge is 0.341 e. The third-order valence-corrected chi connectivity index (χ3v) is 6.39. The number of hydrogen-bond donors (Lipinski definition) is 1. The Labute approximate surface area is 230 Å². The minimum atomic E-state index is -1.15. The normalized spacial score (nSPS) is 11.4. The summed E-state index contributed by atoms with van der Waals surface area (Å²) in [5.41, 5.74) is 3.30. The molecule has 0 bridgehead atoms. The molecule has 1 aromatic heterocycles. The molecule has 0 atom stereocenters. The number of hydrogen-bond acceptors (Lipinski definition) is 7. The summed E-state index contributed by atoms with van der Waals surface area (Å²) in [6.07, 6.45) is 1.46. The molecule has 0 fully saturated rings. The van der Waals surface area contributed by atoms with Crippen LogP contribution < -0.4 is 19.8 Å². The average molecular weight is 550 g/mol. The molecule has 202 valence electrons. The maximum atomic E-state index is 13.6. The maximum Gasteiger partial charge on any atom is 0.341 e. The van der Waals surface area contributed by atoms with E-state index in [1.165, 1.54) is 18.0 Å². The van der Waals surface area contributed by atoms with Gasteiger partial charge in [-0.15, -0.1) is 0 Å². The largest absolute Gasteiger partial charge is 0.496 e. The number of nitrogens with zero attached hydrogens (tertiary/aromatic N) is 3. The number of halogens is 1. The number of benzene rings is 3. The Kier molecular flexibility index (Phi) is 8.21. The van der Waals surface area contributed by atoms with Gasteiger partial charge in [0.2, 0.25) is 0 Å². The Balaban J connectivity index is 1.90. The standard InChI is InChI=1S/C29H28ClN3O6/c1-16(2)20-13-21(17(3)10-24(20)37-4)28-32-23-9-7-6-8-19(23)29(36)33(28)31-14-18-11-22(30)27(25(12-18)38-5)39-15-26(34)35/h6-14,16H,15H2,1-5H3,(H,34,35). The minimum Gasteiger partial charge on any atom is -0.496 e. The van der Waals surface area contributed by atoms with Crippen molar-refractivity contribution in [2.45, 2.75) is 26.7 Å². The number of fused-ring (bicyclic) bond motifs is 1. The van der Waals surface area contributed by atoms with E-state index in [9.17, 15) is 9.59 Å². The van der Waals surface area contributed by atoms with Gasteiger partial charge in [0.1, 0.15) is 5.75 Å². The van der Waals surface area contributed by atoms with Crippen LogP contribution in [0.2, 0.25) is 5.02 Å². The first kappa shape index (κ1) is 27.7. The summed E-state index contributed by atoms with van der Waals surface area (Å²) in [4.78, 5) is 29.4. The van der Waals surface area contributed by atoms with Gasteiger partial charge in [-0.2, -0.15) is 9.78 Å². The lowest BCUT2D eigenvalue weighted by Gasteiger charge is -2.17. The predicted molar refractivity (Wildman–Crippen MR) is 151 cm³/mol. The number of para-hydroxylation sites is 1. The summed E-state index contributed by atoms with van der Waals surface area (Å²) in [6.45, 7) is 5.48. The quantitative estimate of drug-likeness (QED) is 0.274. The zero-order valence-electron chi connectivity index (χ0n) is 22.2. The molecular formula is C29H28ClN3O6. The summed E-state index contributed by atoms with van der Waals surface area (Å²) < 4.78 is 17.5. The molecule has 0 saturated heterocycles. The number of aromatic nitrogens is 2. The predicted octanol–water partition coefficient (Wildman–Crippen LogP) is 5.51. The molecule has 39 heavy (non-hydrogen) atoms. The topological polar surface area (TPSA) is 112 Å². The van der Waals surface area contributed by atoms with E-state index in [1.54, 1.807) is 37.4 Å². The molecule has 0 unspecified atom stereocenters. The summed E-state index contributed by atoms with van der Waals surface area (Å²) in [7, 11) is 3.04. The van der Waals surface area contributed by atoms with Crippen LogP contribution in [-0.4, -0.2) is 47.8 Å². The zero-order valence-corrected chi connectivity index (χ0v) is 22.9. The van der Waals surface area contributed by atoms with Crippen LogP contribution in [0.4, 0.5) is 0 Å². The van der Waals surface area contributed by atoms with Gasteiger partial charge < -0.3 is 19.3 Å². The highest BCUT2D eigenvalue weighted by molar-refractivity contribution is 6.32. The van der Waals surface area contributed by atoms with Gasteiger partial charge in [0.15, 0.2) is 23.9 Å². The molecule has 4 aromatic rings. The van der Waals surface area contributed by atoms with Gasteiger partial charge in [-0.1, -0.05) is 37.6 Å². The van der Waals surface area contributed by atoms with Crippen LogP contribution in [0, 0.1) is 6.92 Å². The molecule has 1 N–H and O–H groups in total. The van der Waals surface area contributed by atoms with Gasteiger partial charge in [-0.25, -0.2) is 9.78 Å². The van der Waals surface area contributed by atoms with Crippen LogP contribution in [0.15, 0.2) is 58.4 Å². The average Bonchev–Trinajstić information content (AvgIpc) is 2.91. The first-order valence-corrected chi connectivity index (χ1v) is 12.5. The van der Waals surface area contributed by atoms with Crippen molar-refractivity contribution in [1.82, 2.24) is 9.66 Å². The molecule has 1 heterocycles. The molecule has 0 saturated carbocycles. The number of methoxy groups -OCH3 is 2. The fourth-order valence-corrected chi connectivity index (χ4v) is 4.46. The van der Waals surface area contributed by atoms with Gasteiger partial charge >= 0.3 is 5.97 Å². The van der Waals surface area contributed by atoms with E-state index in [0.29, 0.717) is 22.3 Å². The van der Waals surface area contributed by atoms with Crippen molar-refractivity contribution >= 4 is 34.7 Å². The van der Waals surface area contributed by atoms with Crippen LogP contribution in [0.1, 0.15) is 36.5 Å². The van der Waals surface area contributed by atoms with Gasteiger partial charge in [0.05, 0.1) is 36.4 Å². The lowest BCUT2D eigenvalue weighted by molar-refractivity contribution is -0.139. The molecular weight excluding hydrogens is 522 g/mol. The van der Waals surface area contributed by atoms with Crippen molar-refractivity contribution in [1.29, 1.82) is 0 Å². The number of carbonyl (C=O) groups is 1. The van der Waals surface area contributed by atoms with Crippen LogP contribution in [0.3, 0.4) is 0 Å². The van der Waals surface area contributed by atoms with Crippen molar-refractivity contribution in [3.8, 4) is 28.6 Å². The molecule has 0 spiro atoms. The summed E-state index contributed by atoms with van der Waals surface area (Å²) in [5, 5.41) is 14.0. The number of carboxylic acids is 1. The minimum absolute atomic E-state index is 0.0963.